The molecular formula is C18H20N6O. The van der Waals surface area contributed by atoms with E-state index >= 15 is 0 Å². The fourth-order valence-electron chi connectivity index (χ4n) is 3.27. The van der Waals surface area contributed by atoms with Gasteiger partial charge in [0.2, 0.25) is 0 Å². The SMILES string of the molecule is Cc1cncc(C(=O)N2CCCN(c3nccn4nccc34)CC2)c1. The summed E-state index contributed by atoms with van der Waals surface area (Å²) in [5, 5.41) is 4.27. The molecule has 0 saturated carbocycles. The van der Waals surface area contributed by atoms with E-state index in [1.54, 1.807) is 24.8 Å². The Kier molecular flexibility index (Phi) is 4.05. The second-order valence-corrected chi connectivity index (χ2v) is 6.30. The Morgan fingerprint density at radius 1 is 1.12 bits per heavy atom. The maximum absolute atomic E-state index is 12.8. The minimum absolute atomic E-state index is 0.0496. The molecule has 1 fully saturated rings. The normalized spacial score (nSPS) is 15.4. The van der Waals surface area contributed by atoms with Gasteiger partial charge in [0.1, 0.15) is 5.52 Å². The van der Waals surface area contributed by atoms with Gasteiger partial charge in [-0.2, -0.15) is 5.10 Å². The second kappa shape index (κ2) is 6.51. The fraction of sp³-hybridized carbons (Fsp3) is 0.333. The smallest absolute Gasteiger partial charge is 0.255 e. The number of hydrogen-bond acceptors (Lipinski definition) is 5. The quantitative estimate of drug-likeness (QED) is 0.714. The highest BCUT2D eigenvalue weighted by molar-refractivity contribution is 5.94. The van der Waals surface area contributed by atoms with Crippen LogP contribution in [0.5, 0.6) is 0 Å². The fourth-order valence-corrected chi connectivity index (χ4v) is 3.27. The van der Waals surface area contributed by atoms with Crippen LogP contribution in [0, 0.1) is 6.92 Å². The summed E-state index contributed by atoms with van der Waals surface area (Å²) >= 11 is 0. The molecule has 0 unspecified atom stereocenters. The third-order valence-electron chi connectivity index (χ3n) is 4.51. The molecule has 1 saturated heterocycles. The zero-order valence-electron chi connectivity index (χ0n) is 14.2. The number of nitrogens with zero attached hydrogens (tertiary/aromatic N) is 6. The standard InChI is InChI=1S/C18H20N6O/c1-14-11-15(13-19-12-14)18(25)23-7-2-6-22(9-10-23)17-16-3-4-21-24(16)8-5-20-17/h3-5,8,11-13H,2,6-7,9-10H2,1H3. The molecule has 0 aromatic carbocycles. The van der Waals surface area contributed by atoms with Crippen molar-refractivity contribution >= 4 is 17.2 Å². The summed E-state index contributed by atoms with van der Waals surface area (Å²) in [4.78, 5) is 25.6. The molecule has 128 valence electrons. The summed E-state index contributed by atoms with van der Waals surface area (Å²) in [6.07, 6.45) is 9.70. The summed E-state index contributed by atoms with van der Waals surface area (Å²) in [7, 11) is 0. The van der Waals surface area contributed by atoms with Crippen molar-refractivity contribution in [1.29, 1.82) is 0 Å². The Morgan fingerprint density at radius 3 is 2.92 bits per heavy atom. The highest BCUT2D eigenvalue weighted by atomic mass is 16.2. The predicted molar refractivity (Wildman–Crippen MR) is 94.7 cm³/mol. The van der Waals surface area contributed by atoms with Crippen molar-refractivity contribution in [1.82, 2.24) is 24.5 Å². The van der Waals surface area contributed by atoms with Crippen molar-refractivity contribution in [2.24, 2.45) is 0 Å². The van der Waals surface area contributed by atoms with E-state index in [0.717, 1.165) is 43.0 Å². The van der Waals surface area contributed by atoms with Crippen LogP contribution in [-0.2, 0) is 0 Å². The van der Waals surface area contributed by atoms with E-state index in [1.807, 2.05) is 34.7 Å². The molecule has 0 radical (unpaired) electrons. The number of aromatic nitrogens is 4. The first-order valence-corrected chi connectivity index (χ1v) is 8.46. The van der Waals surface area contributed by atoms with E-state index in [-0.39, 0.29) is 5.91 Å². The van der Waals surface area contributed by atoms with Gasteiger partial charge in [0, 0.05) is 51.0 Å². The van der Waals surface area contributed by atoms with Crippen LogP contribution in [0.1, 0.15) is 22.3 Å². The lowest BCUT2D eigenvalue weighted by atomic mass is 10.2. The number of amides is 1. The molecule has 1 aliphatic heterocycles. The van der Waals surface area contributed by atoms with Gasteiger partial charge in [0.05, 0.1) is 11.8 Å². The number of fused-ring (bicyclic) bond motifs is 1. The molecule has 3 aromatic heterocycles. The van der Waals surface area contributed by atoms with Crippen LogP contribution in [0.15, 0.2) is 43.1 Å². The average Bonchev–Trinajstić information content (AvgIpc) is 2.98. The summed E-state index contributed by atoms with van der Waals surface area (Å²) in [6.45, 7) is 4.98. The molecule has 0 aliphatic carbocycles. The monoisotopic (exact) mass is 336 g/mol. The Hall–Kier alpha value is -2.96. The molecule has 0 bridgehead atoms. The van der Waals surface area contributed by atoms with Gasteiger partial charge in [-0.25, -0.2) is 9.50 Å². The molecule has 4 rings (SSSR count). The molecule has 1 aliphatic rings. The van der Waals surface area contributed by atoms with Crippen LogP contribution in [-0.4, -0.2) is 56.6 Å². The highest BCUT2D eigenvalue weighted by Gasteiger charge is 2.22. The maximum atomic E-state index is 12.8. The summed E-state index contributed by atoms with van der Waals surface area (Å²) in [5.41, 5.74) is 2.65. The lowest BCUT2D eigenvalue weighted by Crippen LogP contribution is -2.35. The number of pyridine rings is 1. The van der Waals surface area contributed by atoms with E-state index < -0.39 is 0 Å². The molecule has 1 amide bonds. The van der Waals surface area contributed by atoms with Crippen LogP contribution in [0.2, 0.25) is 0 Å². The third kappa shape index (κ3) is 3.05. The number of anilines is 1. The zero-order chi connectivity index (χ0) is 17.2. The Morgan fingerprint density at radius 2 is 2.04 bits per heavy atom. The minimum atomic E-state index is 0.0496. The second-order valence-electron chi connectivity index (χ2n) is 6.30. The van der Waals surface area contributed by atoms with Crippen molar-refractivity contribution in [3.63, 3.8) is 0 Å². The lowest BCUT2D eigenvalue weighted by Gasteiger charge is -2.23. The lowest BCUT2D eigenvalue weighted by molar-refractivity contribution is 0.0766. The van der Waals surface area contributed by atoms with Crippen LogP contribution >= 0.6 is 0 Å². The summed E-state index contributed by atoms with van der Waals surface area (Å²) in [5.74, 6) is 0.972. The Bertz CT molecular complexity index is 905. The molecule has 4 heterocycles. The van der Waals surface area contributed by atoms with Crippen molar-refractivity contribution in [3.05, 3.63) is 54.2 Å². The van der Waals surface area contributed by atoms with E-state index in [0.29, 0.717) is 12.1 Å². The van der Waals surface area contributed by atoms with Gasteiger partial charge in [-0.1, -0.05) is 0 Å². The summed E-state index contributed by atoms with van der Waals surface area (Å²) < 4.78 is 1.83. The van der Waals surface area contributed by atoms with Crippen LogP contribution < -0.4 is 4.90 Å². The van der Waals surface area contributed by atoms with Crippen LogP contribution in [0.25, 0.3) is 5.52 Å². The first-order valence-electron chi connectivity index (χ1n) is 8.46. The van der Waals surface area contributed by atoms with Crippen molar-refractivity contribution in [2.75, 3.05) is 31.1 Å². The van der Waals surface area contributed by atoms with Gasteiger partial charge in [-0.05, 0) is 31.0 Å². The zero-order valence-corrected chi connectivity index (χ0v) is 14.2. The third-order valence-corrected chi connectivity index (χ3v) is 4.51. The van der Waals surface area contributed by atoms with Gasteiger partial charge in [0.25, 0.3) is 5.91 Å². The van der Waals surface area contributed by atoms with Gasteiger partial charge >= 0.3 is 0 Å². The van der Waals surface area contributed by atoms with Gasteiger partial charge in [-0.15, -0.1) is 0 Å². The predicted octanol–water partition coefficient (Wildman–Crippen LogP) is 1.79. The van der Waals surface area contributed by atoms with Gasteiger partial charge in [0.15, 0.2) is 5.82 Å². The first kappa shape index (κ1) is 15.6. The maximum Gasteiger partial charge on any atom is 0.255 e. The van der Waals surface area contributed by atoms with Crippen molar-refractivity contribution in [2.45, 2.75) is 13.3 Å². The van der Waals surface area contributed by atoms with E-state index in [1.165, 1.54) is 0 Å². The van der Waals surface area contributed by atoms with Crippen molar-refractivity contribution < 1.29 is 4.79 Å². The average molecular weight is 336 g/mol. The Balaban J connectivity index is 1.52. The molecule has 0 N–H and O–H groups in total. The van der Waals surface area contributed by atoms with Gasteiger partial charge in [-0.3, -0.25) is 9.78 Å². The molecule has 0 atom stereocenters. The number of hydrogen-bond donors (Lipinski definition) is 0. The van der Waals surface area contributed by atoms with Gasteiger partial charge < -0.3 is 9.80 Å². The van der Waals surface area contributed by atoms with Crippen molar-refractivity contribution in [3.8, 4) is 0 Å². The molecule has 7 nitrogen and oxygen atoms in total. The first-order chi connectivity index (χ1) is 12.2. The van der Waals surface area contributed by atoms with E-state index in [2.05, 4.69) is 20.0 Å². The van der Waals surface area contributed by atoms with Crippen LogP contribution in [0.3, 0.4) is 0 Å². The molecule has 0 spiro atoms. The molecule has 25 heavy (non-hydrogen) atoms. The number of carbonyl (C=O) groups is 1. The minimum Gasteiger partial charge on any atom is -0.353 e. The molecule has 3 aromatic rings. The number of carbonyl (C=O) groups excluding carboxylic acids is 1. The molecular weight excluding hydrogens is 316 g/mol. The number of rotatable bonds is 2. The largest absolute Gasteiger partial charge is 0.353 e. The highest BCUT2D eigenvalue weighted by Crippen LogP contribution is 2.20. The summed E-state index contributed by atoms with van der Waals surface area (Å²) in [6, 6.07) is 3.86. The topological polar surface area (TPSA) is 66.6 Å². The molecule has 7 heteroatoms. The van der Waals surface area contributed by atoms with Crippen LogP contribution in [0.4, 0.5) is 5.82 Å². The number of aryl methyl sites for hydroxylation is 1. The van der Waals surface area contributed by atoms with E-state index in [4.69, 9.17) is 0 Å². The van der Waals surface area contributed by atoms with E-state index in [9.17, 15) is 4.79 Å². The Labute approximate surface area is 145 Å².